The van der Waals surface area contributed by atoms with Crippen LogP contribution >= 0.6 is 11.8 Å². The van der Waals surface area contributed by atoms with E-state index in [-0.39, 0.29) is 5.24 Å². The van der Waals surface area contributed by atoms with Crippen LogP contribution in [0.2, 0.25) is 0 Å². The van der Waals surface area contributed by atoms with Crippen LogP contribution in [0.1, 0.15) is 0 Å². The fourth-order valence-corrected chi connectivity index (χ4v) is 1.86. The first kappa shape index (κ1) is 8.19. The molecule has 3 nitrogen and oxygen atoms in total. The van der Waals surface area contributed by atoms with E-state index in [0.717, 1.165) is 27.6 Å². The maximum Gasteiger partial charge on any atom is 0.281 e. The van der Waals surface area contributed by atoms with Gasteiger partial charge in [0, 0.05) is 22.0 Å². The molecule has 4 heteroatoms. The van der Waals surface area contributed by atoms with Gasteiger partial charge in [-0.3, -0.25) is 4.79 Å². The van der Waals surface area contributed by atoms with Gasteiger partial charge in [-0.1, -0.05) is 18.2 Å². The highest BCUT2D eigenvalue weighted by atomic mass is 32.2. The van der Waals surface area contributed by atoms with E-state index < -0.39 is 0 Å². The third-order valence-electron chi connectivity index (χ3n) is 1.76. The lowest BCUT2D eigenvalue weighted by Crippen LogP contribution is -2.00. The summed E-state index contributed by atoms with van der Waals surface area (Å²) in [5.74, 6) is 0. The summed E-state index contributed by atoms with van der Waals surface area (Å²) in [4.78, 5) is 14.6. The minimum atomic E-state index is -0.384. The van der Waals surface area contributed by atoms with Crippen LogP contribution in [0.4, 0.5) is 4.79 Å². The number of rotatable bonds is 1. The van der Waals surface area contributed by atoms with Crippen molar-refractivity contribution in [3.8, 4) is 0 Å². The lowest BCUT2D eigenvalue weighted by molar-refractivity contribution is 0.267. The number of aromatic nitrogens is 1. The first-order valence-electron chi connectivity index (χ1n) is 3.81. The first-order chi connectivity index (χ1) is 6.27. The number of aromatic amines is 1. The number of H-pyrrole nitrogens is 1. The lowest BCUT2D eigenvalue weighted by Gasteiger charge is -1.92. The van der Waals surface area contributed by atoms with Gasteiger partial charge in [0.15, 0.2) is 0 Å². The number of hydrogen-bond acceptors (Lipinski definition) is 2. The monoisotopic (exact) mass is 192 g/mol. The molecular formula is C9H8N2OS. The second kappa shape index (κ2) is 3.14. The molecule has 0 aliphatic heterocycles. The second-order valence-electron chi connectivity index (χ2n) is 2.62. The molecule has 1 heterocycles. The molecule has 0 unspecified atom stereocenters. The molecule has 0 fully saturated rings. The Bertz CT molecular complexity index is 450. The second-order valence-corrected chi connectivity index (χ2v) is 3.67. The Hall–Kier alpha value is -1.42. The third-order valence-corrected chi connectivity index (χ3v) is 2.52. The zero-order valence-corrected chi connectivity index (χ0v) is 7.60. The van der Waals surface area contributed by atoms with Gasteiger partial charge in [0.1, 0.15) is 0 Å². The molecule has 0 bridgehead atoms. The zero-order chi connectivity index (χ0) is 9.26. The Balaban J connectivity index is 2.51. The van der Waals surface area contributed by atoms with Crippen LogP contribution in [-0.4, -0.2) is 10.2 Å². The van der Waals surface area contributed by atoms with Crippen LogP contribution in [0.3, 0.4) is 0 Å². The third kappa shape index (κ3) is 1.53. The largest absolute Gasteiger partial charge is 0.360 e. The molecule has 0 spiro atoms. The molecular weight excluding hydrogens is 184 g/mol. The molecule has 1 aromatic carbocycles. The number of nitrogens with two attached hydrogens (primary N) is 1. The minimum absolute atomic E-state index is 0.384. The topological polar surface area (TPSA) is 58.9 Å². The first-order valence-corrected chi connectivity index (χ1v) is 4.62. The van der Waals surface area contributed by atoms with Crippen LogP contribution in [0, 0.1) is 0 Å². The van der Waals surface area contributed by atoms with Gasteiger partial charge in [0.05, 0.1) is 0 Å². The predicted molar refractivity (Wildman–Crippen MR) is 53.7 cm³/mol. The number of amides is 1. The van der Waals surface area contributed by atoms with Crippen LogP contribution < -0.4 is 5.73 Å². The van der Waals surface area contributed by atoms with Crippen molar-refractivity contribution in [1.29, 1.82) is 0 Å². The molecule has 3 N–H and O–H groups in total. The summed E-state index contributed by atoms with van der Waals surface area (Å²) in [6.45, 7) is 0. The summed E-state index contributed by atoms with van der Waals surface area (Å²) in [6.07, 6.45) is 1.79. The van der Waals surface area contributed by atoms with E-state index in [1.807, 2.05) is 24.3 Å². The Morgan fingerprint density at radius 2 is 2.15 bits per heavy atom. The molecule has 0 saturated heterocycles. The lowest BCUT2D eigenvalue weighted by atomic mass is 10.2. The highest BCUT2D eigenvalue weighted by Gasteiger charge is 2.05. The predicted octanol–water partition coefficient (Wildman–Crippen LogP) is 2.34. The summed E-state index contributed by atoms with van der Waals surface area (Å²) in [7, 11) is 0. The van der Waals surface area contributed by atoms with Gasteiger partial charge in [0.25, 0.3) is 5.24 Å². The van der Waals surface area contributed by atoms with Crippen molar-refractivity contribution >= 4 is 27.9 Å². The van der Waals surface area contributed by atoms with Crippen LogP contribution in [-0.2, 0) is 0 Å². The van der Waals surface area contributed by atoms with E-state index in [0.29, 0.717) is 0 Å². The fourth-order valence-electron chi connectivity index (χ4n) is 1.24. The van der Waals surface area contributed by atoms with E-state index in [1.165, 1.54) is 0 Å². The number of carbonyl (C=O) groups is 1. The summed E-state index contributed by atoms with van der Waals surface area (Å²) in [6, 6.07) is 7.79. The van der Waals surface area contributed by atoms with Crippen molar-refractivity contribution in [2.24, 2.45) is 5.73 Å². The molecule has 2 aromatic rings. The number of benzene rings is 1. The molecule has 1 aromatic heterocycles. The summed E-state index contributed by atoms with van der Waals surface area (Å²) in [5, 5.41) is 0.649. The number of hydrogen-bond donors (Lipinski definition) is 2. The van der Waals surface area contributed by atoms with Gasteiger partial charge in [-0.25, -0.2) is 0 Å². The number of para-hydroxylation sites is 1. The smallest absolute Gasteiger partial charge is 0.281 e. The molecule has 0 saturated carbocycles. The molecule has 13 heavy (non-hydrogen) atoms. The Morgan fingerprint density at radius 3 is 2.92 bits per heavy atom. The SMILES string of the molecule is NC(=O)Sc1c[nH]c2ccccc12. The number of thioether (sulfide) groups is 1. The van der Waals surface area contributed by atoms with E-state index in [2.05, 4.69) is 4.98 Å². The maximum absolute atomic E-state index is 10.7. The molecule has 0 radical (unpaired) electrons. The average Bonchev–Trinajstić information content (AvgIpc) is 2.48. The highest BCUT2D eigenvalue weighted by molar-refractivity contribution is 8.13. The summed E-state index contributed by atoms with van der Waals surface area (Å²) in [5.41, 5.74) is 6.10. The van der Waals surface area contributed by atoms with Crippen molar-refractivity contribution < 1.29 is 4.79 Å². The molecule has 1 amide bonds. The fraction of sp³-hybridized carbons (Fsp3) is 0. The number of carbonyl (C=O) groups excluding carboxylic acids is 1. The van der Waals surface area contributed by atoms with Crippen molar-refractivity contribution in [3.05, 3.63) is 30.5 Å². The summed E-state index contributed by atoms with van der Waals surface area (Å²) < 4.78 is 0. The van der Waals surface area contributed by atoms with E-state index in [9.17, 15) is 4.79 Å². The van der Waals surface area contributed by atoms with E-state index in [4.69, 9.17) is 5.73 Å². The van der Waals surface area contributed by atoms with Gasteiger partial charge in [-0.2, -0.15) is 0 Å². The highest BCUT2D eigenvalue weighted by Crippen LogP contribution is 2.27. The number of fused-ring (bicyclic) bond motifs is 1. The average molecular weight is 192 g/mol. The van der Waals surface area contributed by atoms with Gasteiger partial charge < -0.3 is 10.7 Å². The zero-order valence-electron chi connectivity index (χ0n) is 6.78. The summed E-state index contributed by atoms with van der Waals surface area (Å²) >= 11 is 1.04. The van der Waals surface area contributed by atoms with Gasteiger partial charge >= 0.3 is 0 Å². The molecule has 0 aliphatic rings. The standard InChI is InChI=1S/C9H8N2OS/c10-9(12)13-8-5-11-7-4-2-1-3-6(7)8/h1-5,11H,(H2,10,12). The molecule has 66 valence electrons. The Kier molecular flexibility index (Phi) is 1.98. The van der Waals surface area contributed by atoms with E-state index in [1.54, 1.807) is 6.20 Å². The minimum Gasteiger partial charge on any atom is -0.360 e. The normalized spacial score (nSPS) is 10.5. The quantitative estimate of drug-likeness (QED) is 0.681. The van der Waals surface area contributed by atoms with Crippen molar-refractivity contribution in [3.63, 3.8) is 0 Å². The van der Waals surface area contributed by atoms with Gasteiger partial charge in [0.2, 0.25) is 0 Å². The molecule has 0 atom stereocenters. The molecule has 2 rings (SSSR count). The van der Waals surface area contributed by atoms with Crippen molar-refractivity contribution in [2.75, 3.05) is 0 Å². The van der Waals surface area contributed by atoms with Crippen LogP contribution in [0.25, 0.3) is 10.9 Å². The van der Waals surface area contributed by atoms with Crippen molar-refractivity contribution in [1.82, 2.24) is 4.98 Å². The Morgan fingerprint density at radius 1 is 1.38 bits per heavy atom. The van der Waals surface area contributed by atoms with Crippen molar-refractivity contribution in [2.45, 2.75) is 4.90 Å². The molecule has 0 aliphatic carbocycles. The Labute approximate surface area is 79.3 Å². The number of primary amides is 1. The number of nitrogens with one attached hydrogen (secondary N) is 1. The van der Waals surface area contributed by atoms with Gasteiger partial charge in [-0.05, 0) is 17.8 Å². The van der Waals surface area contributed by atoms with E-state index >= 15 is 0 Å². The maximum atomic E-state index is 10.7. The van der Waals surface area contributed by atoms with Crippen LogP contribution in [0.5, 0.6) is 0 Å². The van der Waals surface area contributed by atoms with Gasteiger partial charge in [-0.15, -0.1) is 0 Å². The van der Waals surface area contributed by atoms with Crippen LogP contribution in [0.15, 0.2) is 35.4 Å².